The lowest BCUT2D eigenvalue weighted by Crippen LogP contribution is -2.58. The molecule has 1 N–H and O–H groups in total. The Morgan fingerprint density at radius 2 is 1.59 bits per heavy atom. The van der Waals surface area contributed by atoms with Crippen molar-refractivity contribution in [3.05, 3.63) is 30.3 Å². The second kappa shape index (κ2) is 14.0. The molecule has 2 fully saturated rings. The summed E-state index contributed by atoms with van der Waals surface area (Å²) in [4.78, 5) is 28.1. The fraction of sp³-hybridized carbons (Fsp3) is 0.579. The summed E-state index contributed by atoms with van der Waals surface area (Å²) in [5.74, 6) is -0.694. The van der Waals surface area contributed by atoms with Crippen LogP contribution in [-0.4, -0.2) is 73.3 Å². The Morgan fingerprint density at radius 1 is 1.00 bits per heavy atom. The van der Waals surface area contributed by atoms with E-state index in [0.717, 1.165) is 39.0 Å². The third-order valence-electron chi connectivity index (χ3n) is 4.94. The average molecular weight is 471 g/mol. The highest BCUT2D eigenvalue weighted by Gasteiger charge is 2.34. The van der Waals surface area contributed by atoms with Gasteiger partial charge in [-0.2, -0.15) is 0 Å². The molecule has 7 nitrogen and oxygen atoms in total. The standard InChI is InChI=1S/C19H27N3O4.3ClH/c1-15(23)25-19(24)18(26-17-5-3-2-4-6-17)22-13-11-21(12-14-22)16-7-9-20-10-8-16;;;/h2-6,16,18,20H,7-14H2,1H3;3*1H. The van der Waals surface area contributed by atoms with E-state index in [1.54, 1.807) is 12.1 Å². The summed E-state index contributed by atoms with van der Waals surface area (Å²) >= 11 is 0. The van der Waals surface area contributed by atoms with Crippen LogP contribution in [0.1, 0.15) is 19.8 Å². The molecular weight excluding hydrogens is 441 g/mol. The normalized spacial score (nSPS) is 18.9. The smallest absolute Gasteiger partial charge is 0.370 e. The predicted octanol–water partition coefficient (Wildman–Crippen LogP) is 2.12. The van der Waals surface area contributed by atoms with Gasteiger partial charge in [-0.15, -0.1) is 37.2 Å². The average Bonchev–Trinajstić information content (AvgIpc) is 2.67. The molecule has 1 unspecified atom stereocenters. The molecule has 3 rings (SSSR count). The van der Waals surface area contributed by atoms with Crippen LogP contribution < -0.4 is 10.1 Å². The van der Waals surface area contributed by atoms with E-state index in [2.05, 4.69) is 10.2 Å². The first-order valence-corrected chi connectivity index (χ1v) is 9.26. The van der Waals surface area contributed by atoms with Crippen LogP contribution in [0.2, 0.25) is 0 Å². The number of hydrogen-bond acceptors (Lipinski definition) is 7. The van der Waals surface area contributed by atoms with Crippen molar-refractivity contribution >= 4 is 49.2 Å². The van der Waals surface area contributed by atoms with E-state index in [9.17, 15) is 9.59 Å². The highest BCUT2D eigenvalue weighted by atomic mass is 35.5. The molecule has 0 amide bonds. The van der Waals surface area contributed by atoms with Gasteiger partial charge in [0.15, 0.2) is 0 Å². The van der Waals surface area contributed by atoms with Gasteiger partial charge in [-0.3, -0.25) is 14.6 Å². The van der Waals surface area contributed by atoms with E-state index in [1.807, 2.05) is 23.1 Å². The predicted molar refractivity (Wildman–Crippen MR) is 118 cm³/mol. The van der Waals surface area contributed by atoms with Crippen LogP contribution in [0.25, 0.3) is 0 Å². The van der Waals surface area contributed by atoms with Gasteiger partial charge in [0.1, 0.15) is 5.75 Å². The van der Waals surface area contributed by atoms with Crippen LogP contribution in [0.15, 0.2) is 30.3 Å². The fourth-order valence-electron chi connectivity index (χ4n) is 3.60. The number of rotatable bonds is 5. The van der Waals surface area contributed by atoms with Gasteiger partial charge < -0.3 is 14.8 Å². The number of carbonyl (C=O) groups is 2. The number of hydrogen-bond donors (Lipinski definition) is 1. The number of para-hydroxylation sites is 1. The molecule has 29 heavy (non-hydrogen) atoms. The summed E-state index contributed by atoms with van der Waals surface area (Å²) in [6.07, 6.45) is 1.42. The summed E-state index contributed by atoms with van der Waals surface area (Å²) in [7, 11) is 0. The number of esters is 2. The van der Waals surface area contributed by atoms with Crippen molar-refractivity contribution in [3.8, 4) is 5.75 Å². The summed E-state index contributed by atoms with van der Waals surface area (Å²) in [6.45, 7) is 6.53. The summed E-state index contributed by atoms with van der Waals surface area (Å²) in [5, 5.41) is 3.39. The lowest BCUT2D eigenvalue weighted by atomic mass is 10.0. The van der Waals surface area contributed by atoms with Gasteiger partial charge >= 0.3 is 11.9 Å². The lowest BCUT2D eigenvalue weighted by molar-refractivity contribution is -0.171. The highest BCUT2D eigenvalue weighted by molar-refractivity contribution is 5.87. The monoisotopic (exact) mass is 469 g/mol. The molecule has 0 aromatic heterocycles. The molecule has 0 aliphatic carbocycles. The maximum Gasteiger partial charge on any atom is 0.370 e. The minimum atomic E-state index is -0.906. The van der Waals surface area contributed by atoms with Gasteiger partial charge in [0.25, 0.3) is 6.23 Å². The number of halogens is 3. The first kappa shape index (κ1) is 27.9. The first-order chi connectivity index (χ1) is 12.6. The molecule has 0 bridgehead atoms. The Balaban J connectivity index is 0.00000261. The highest BCUT2D eigenvalue weighted by Crippen LogP contribution is 2.19. The van der Waals surface area contributed by atoms with Gasteiger partial charge in [0.2, 0.25) is 0 Å². The maximum absolute atomic E-state index is 12.4. The summed E-state index contributed by atoms with van der Waals surface area (Å²) in [5.41, 5.74) is 0. The molecular formula is C19H30Cl3N3O4. The molecule has 1 aromatic carbocycles. The molecule has 1 atom stereocenters. The van der Waals surface area contributed by atoms with Gasteiger partial charge in [0.05, 0.1) is 0 Å². The molecule has 2 heterocycles. The van der Waals surface area contributed by atoms with Crippen molar-refractivity contribution < 1.29 is 19.1 Å². The van der Waals surface area contributed by atoms with E-state index in [0.29, 0.717) is 24.9 Å². The SMILES string of the molecule is CC(=O)OC(=O)C(Oc1ccccc1)N1CCN(C2CCNCC2)CC1.Cl.Cl.Cl. The lowest BCUT2D eigenvalue weighted by Gasteiger charge is -2.42. The number of piperidine rings is 1. The number of piperazine rings is 1. The van der Waals surface area contributed by atoms with E-state index >= 15 is 0 Å². The zero-order valence-corrected chi connectivity index (χ0v) is 18.9. The molecule has 0 saturated carbocycles. The molecule has 166 valence electrons. The van der Waals surface area contributed by atoms with E-state index < -0.39 is 18.2 Å². The van der Waals surface area contributed by atoms with Crippen LogP contribution in [0, 0.1) is 0 Å². The van der Waals surface area contributed by atoms with Crippen molar-refractivity contribution in [2.24, 2.45) is 0 Å². The van der Waals surface area contributed by atoms with Crippen molar-refractivity contribution in [3.63, 3.8) is 0 Å². The Bertz CT molecular complexity index is 610. The number of benzene rings is 1. The van der Waals surface area contributed by atoms with Crippen LogP contribution in [0.5, 0.6) is 5.75 Å². The second-order valence-electron chi connectivity index (χ2n) is 6.75. The van der Waals surface area contributed by atoms with Crippen molar-refractivity contribution in [2.45, 2.75) is 32.0 Å². The van der Waals surface area contributed by atoms with Gasteiger partial charge in [-0.05, 0) is 38.1 Å². The third-order valence-corrected chi connectivity index (χ3v) is 4.94. The number of ether oxygens (including phenoxy) is 2. The summed E-state index contributed by atoms with van der Waals surface area (Å²) < 4.78 is 10.7. The third kappa shape index (κ3) is 8.28. The van der Waals surface area contributed by atoms with Gasteiger partial charge in [-0.25, -0.2) is 4.79 Å². The molecule has 2 saturated heterocycles. The van der Waals surface area contributed by atoms with E-state index in [4.69, 9.17) is 9.47 Å². The van der Waals surface area contributed by atoms with E-state index in [1.165, 1.54) is 6.92 Å². The summed E-state index contributed by atoms with van der Waals surface area (Å²) in [6, 6.07) is 9.76. The number of nitrogens with zero attached hydrogens (tertiary/aromatic N) is 2. The van der Waals surface area contributed by atoms with Crippen molar-refractivity contribution in [2.75, 3.05) is 39.3 Å². The molecule has 0 radical (unpaired) electrons. The number of nitrogens with one attached hydrogen (secondary N) is 1. The van der Waals surface area contributed by atoms with Crippen molar-refractivity contribution in [1.29, 1.82) is 0 Å². The Labute approximate surface area is 190 Å². The van der Waals surface area contributed by atoms with Crippen LogP contribution in [0.4, 0.5) is 0 Å². The Kier molecular flexibility index (Phi) is 13.5. The van der Waals surface area contributed by atoms with Crippen LogP contribution >= 0.6 is 37.2 Å². The number of carbonyl (C=O) groups excluding carboxylic acids is 2. The van der Waals surface area contributed by atoms with E-state index in [-0.39, 0.29) is 37.2 Å². The molecule has 2 aliphatic heterocycles. The van der Waals surface area contributed by atoms with Gasteiger partial charge in [0, 0.05) is 39.1 Å². The minimum Gasteiger partial charge on any atom is -0.464 e. The Hall–Kier alpha value is -1.09. The van der Waals surface area contributed by atoms with Crippen LogP contribution in [-0.2, 0) is 14.3 Å². The topological polar surface area (TPSA) is 71.1 Å². The zero-order chi connectivity index (χ0) is 18.4. The van der Waals surface area contributed by atoms with Crippen LogP contribution in [0.3, 0.4) is 0 Å². The largest absolute Gasteiger partial charge is 0.464 e. The first-order valence-electron chi connectivity index (χ1n) is 9.26. The van der Waals surface area contributed by atoms with Crippen molar-refractivity contribution in [1.82, 2.24) is 15.1 Å². The minimum absolute atomic E-state index is 0. The second-order valence-corrected chi connectivity index (χ2v) is 6.75. The zero-order valence-electron chi connectivity index (χ0n) is 16.5. The fourth-order valence-corrected chi connectivity index (χ4v) is 3.60. The molecule has 10 heteroatoms. The molecule has 0 spiro atoms. The van der Waals surface area contributed by atoms with Gasteiger partial charge in [-0.1, -0.05) is 18.2 Å². The maximum atomic E-state index is 12.4. The molecule has 2 aliphatic rings. The Morgan fingerprint density at radius 3 is 2.14 bits per heavy atom. The molecule has 1 aromatic rings. The quantitative estimate of drug-likeness (QED) is 0.522.